The molecule has 19 heavy (non-hydrogen) atoms. The van der Waals surface area contributed by atoms with E-state index in [-0.39, 0.29) is 0 Å². The second-order valence-corrected chi connectivity index (χ2v) is 5.96. The monoisotopic (exact) mass is 261 g/mol. The van der Waals surface area contributed by atoms with Crippen LogP contribution in [0.3, 0.4) is 0 Å². The third-order valence-corrected chi connectivity index (χ3v) is 4.03. The maximum atomic E-state index is 3.27. The number of anilines is 1. The van der Waals surface area contributed by atoms with Crippen molar-refractivity contribution in [3.05, 3.63) is 29.3 Å². The SMILES string of the molecule is CNCc1cc(C)ccc1N(C)CC1CCN(C)C1. The van der Waals surface area contributed by atoms with Gasteiger partial charge in [-0.3, -0.25) is 0 Å². The summed E-state index contributed by atoms with van der Waals surface area (Å²) in [6, 6.07) is 6.77. The average molecular weight is 261 g/mol. The molecular formula is C16H27N3. The Kier molecular flexibility index (Phi) is 4.83. The van der Waals surface area contributed by atoms with E-state index in [0.717, 1.165) is 19.0 Å². The van der Waals surface area contributed by atoms with Crippen molar-refractivity contribution in [3.63, 3.8) is 0 Å². The third-order valence-electron chi connectivity index (χ3n) is 4.03. The molecule has 0 aliphatic carbocycles. The fourth-order valence-electron chi connectivity index (χ4n) is 3.08. The van der Waals surface area contributed by atoms with Crippen molar-refractivity contribution in [3.8, 4) is 0 Å². The lowest BCUT2D eigenvalue weighted by atomic mass is 10.1. The molecule has 0 bridgehead atoms. The molecule has 3 nitrogen and oxygen atoms in total. The first-order valence-electron chi connectivity index (χ1n) is 7.24. The molecule has 1 aliphatic rings. The summed E-state index contributed by atoms with van der Waals surface area (Å²) in [7, 11) is 6.46. The fourth-order valence-corrected chi connectivity index (χ4v) is 3.08. The topological polar surface area (TPSA) is 18.5 Å². The summed E-state index contributed by atoms with van der Waals surface area (Å²) in [5.41, 5.74) is 4.11. The van der Waals surface area contributed by atoms with Crippen LogP contribution in [0.25, 0.3) is 0 Å². The van der Waals surface area contributed by atoms with Gasteiger partial charge < -0.3 is 15.1 Å². The Balaban J connectivity index is 2.07. The summed E-state index contributed by atoms with van der Waals surface area (Å²) >= 11 is 0. The largest absolute Gasteiger partial charge is 0.374 e. The van der Waals surface area contributed by atoms with Crippen molar-refractivity contribution in [1.82, 2.24) is 10.2 Å². The molecule has 0 spiro atoms. The standard InChI is InChI=1S/C16H27N3/c1-13-5-6-16(15(9-13)10-17-2)19(4)12-14-7-8-18(3)11-14/h5-6,9,14,17H,7-8,10-12H2,1-4H3. The van der Waals surface area contributed by atoms with Crippen LogP contribution in [0, 0.1) is 12.8 Å². The van der Waals surface area contributed by atoms with E-state index >= 15 is 0 Å². The van der Waals surface area contributed by atoms with Crippen molar-refractivity contribution < 1.29 is 0 Å². The molecule has 1 aromatic rings. The molecule has 0 radical (unpaired) electrons. The van der Waals surface area contributed by atoms with Gasteiger partial charge in [-0.1, -0.05) is 17.7 Å². The minimum atomic E-state index is 0.804. The van der Waals surface area contributed by atoms with Gasteiger partial charge in [-0.15, -0.1) is 0 Å². The van der Waals surface area contributed by atoms with Gasteiger partial charge in [-0.25, -0.2) is 0 Å². The third kappa shape index (κ3) is 3.71. The Morgan fingerprint density at radius 3 is 2.84 bits per heavy atom. The fraction of sp³-hybridized carbons (Fsp3) is 0.625. The van der Waals surface area contributed by atoms with Crippen molar-refractivity contribution in [2.24, 2.45) is 5.92 Å². The van der Waals surface area contributed by atoms with Crippen molar-refractivity contribution in [2.45, 2.75) is 19.9 Å². The van der Waals surface area contributed by atoms with E-state index in [2.05, 4.69) is 54.3 Å². The van der Waals surface area contributed by atoms with Gasteiger partial charge in [-0.2, -0.15) is 0 Å². The van der Waals surface area contributed by atoms with Gasteiger partial charge in [0, 0.05) is 32.4 Å². The van der Waals surface area contributed by atoms with E-state index in [4.69, 9.17) is 0 Å². The highest BCUT2D eigenvalue weighted by Gasteiger charge is 2.21. The van der Waals surface area contributed by atoms with Gasteiger partial charge in [0.1, 0.15) is 0 Å². The summed E-state index contributed by atoms with van der Waals surface area (Å²) in [6.45, 7) is 6.73. The van der Waals surface area contributed by atoms with E-state index in [0.29, 0.717) is 0 Å². The summed E-state index contributed by atoms with van der Waals surface area (Å²) in [4.78, 5) is 4.86. The minimum Gasteiger partial charge on any atom is -0.374 e. The number of benzene rings is 1. The molecule has 0 aromatic heterocycles. The zero-order chi connectivity index (χ0) is 13.8. The van der Waals surface area contributed by atoms with Crippen LogP contribution >= 0.6 is 0 Å². The van der Waals surface area contributed by atoms with E-state index in [1.54, 1.807) is 0 Å². The number of hydrogen-bond acceptors (Lipinski definition) is 3. The van der Waals surface area contributed by atoms with Crippen LogP contribution in [0.2, 0.25) is 0 Å². The number of nitrogens with zero attached hydrogens (tertiary/aromatic N) is 2. The average Bonchev–Trinajstić information content (AvgIpc) is 2.75. The van der Waals surface area contributed by atoms with E-state index < -0.39 is 0 Å². The molecule has 1 fully saturated rings. The molecule has 0 amide bonds. The van der Waals surface area contributed by atoms with E-state index in [9.17, 15) is 0 Å². The second-order valence-electron chi connectivity index (χ2n) is 5.96. The van der Waals surface area contributed by atoms with Crippen molar-refractivity contribution in [2.75, 3.05) is 45.7 Å². The predicted molar refractivity (Wildman–Crippen MR) is 82.8 cm³/mol. The molecule has 1 saturated heterocycles. The molecule has 2 rings (SSSR count). The number of aryl methyl sites for hydroxylation is 1. The molecule has 0 saturated carbocycles. The van der Waals surface area contributed by atoms with Crippen LogP contribution < -0.4 is 10.2 Å². The van der Waals surface area contributed by atoms with Gasteiger partial charge in [0.05, 0.1) is 0 Å². The lowest BCUT2D eigenvalue weighted by Gasteiger charge is -2.26. The highest BCUT2D eigenvalue weighted by Crippen LogP contribution is 2.24. The zero-order valence-electron chi connectivity index (χ0n) is 12.7. The molecular weight excluding hydrogens is 234 g/mol. The summed E-state index contributed by atoms with van der Waals surface area (Å²) in [5.74, 6) is 0.804. The molecule has 1 unspecified atom stereocenters. The second kappa shape index (κ2) is 6.40. The van der Waals surface area contributed by atoms with Gasteiger partial charge in [-0.05, 0) is 51.5 Å². The summed E-state index contributed by atoms with van der Waals surface area (Å²) < 4.78 is 0. The van der Waals surface area contributed by atoms with Crippen molar-refractivity contribution in [1.29, 1.82) is 0 Å². The maximum absolute atomic E-state index is 3.27. The minimum absolute atomic E-state index is 0.804. The first kappa shape index (κ1) is 14.4. The lowest BCUT2D eigenvalue weighted by molar-refractivity contribution is 0.396. The van der Waals surface area contributed by atoms with Crippen LogP contribution in [0.1, 0.15) is 17.5 Å². The smallest absolute Gasteiger partial charge is 0.0409 e. The Hall–Kier alpha value is -1.06. The number of likely N-dealkylation sites (tertiary alicyclic amines) is 1. The Labute approximate surface area is 117 Å². The first-order chi connectivity index (χ1) is 9.10. The highest BCUT2D eigenvalue weighted by atomic mass is 15.2. The molecule has 3 heteroatoms. The van der Waals surface area contributed by atoms with E-state index in [1.165, 1.54) is 36.3 Å². The summed E-state index contributed by atoms with van der Waals surface area (Å²) in [6.07, 6.45) is 1.33. The maximum Gasteiger partial charge on any atom is 0.0409 e. The molecule has 106 valence electrons. The van der Waals surface area contributed by atoms with Crippen LogP contribution in [0.5, 0.6) is 0 Å². The highest BCUT2D eigenvalue weighted by molar-refractivity contribution is 5.54. The summed E-state index contributed by atoms with van der Waals surface area (Å²) in [5, 5.41) is 3.27. The molecule has 1 heterocycles. The van der Waals surface area contributed by atoms with Crippen LogP contribution in [-0.2, 0) is 6.54 Å². The molecule has 1 N–H and O–H groups in total. The molecule has 1 atom stereocenters. The number of hydrogen-bond donors (Lipinski definition) is 1. The Bertz CT molecular complexity index is 416. The van der Waals surface area contributed by atoms with Crippen LogP contribution in [-0.4, -0.2) is 45.7 Å². The number of nitrogens with one attached hydrogen (secondary N) is 1. The lowest BCUT2D eigenvalue weighted by Crippen LogP contribution is -2.28. The molecule has 1 aromatic carbocycles. The van der Waals surface area contributed by atoms with Crippen molar-refractivity contribution >= 4 is 5.69 Å². The van der Waals surface area contributed by atoms with Crippen LogP contribution in [0.4, 0.5) is 5.69 Å². The Morgan fingerprint density at radius 1 is 1.42 bits per heavy atom. The van der Waals surface area contributed by atoms with Crippen LogP contribution in [0.15, 0.2) is 18.2 Å². The van der Waals surface area contributed by atoms with E-state index in [1.807, 2.05) is 7.05 Å². The Morgan fingerprint density at radius 2 is 2.21 bits per heavy atom. The first-order valence-corrected chi connectivity index (χ1v) is 7.24. The van der Waals surface area contributed by atoms with Gasteiger partial charge in [0.15, 0.2) is 0 Å². The number of rotatable bonds is 5. The quantitative estimate of drug-likeness (QED) is 0.876. The van der Waals surface area contributed by atoms with Gasteiger partial charge in [0.2, 0.25) is 0 Å². The zero-order valence-corrected chi connectivity index (χ0v) is 12.7. The normalized spacial score (nSPS) is 19.9. The van der Waals surface area contributed by atoms with Gasteiger partial charge in [0.25, 0.3) is 0 Å². The van der Waals surface area contributed by atoms with Gasteiger partial charge >= 0.3 is 0 Å². The predicted octanol–water partition coefficient (Wildman–Crippen LogP) is 2.10. The molecule has 1 aliphatic heterocycles.